The molecule has 0 unspecified atom stereocenters. The lowest BCUT2D eigenvalue weighted by atomic mass is 9.33. The molecule has 9 rings (SSSR count). The highest BCUT2D eigenvalue weighted by Crippen LogP contribution is 2.44. The Morgan fingerprint density at radius 1 is 0.689 bits per heavy atom. The largest absolute Gasteiger partial charge is 0.458 e. The molecule has 3 heterocycles. The van der Waals surface area contributed by atoms with Crippen LogP contribution in [-0.4, -0.2) is 6.71 Å². The highest BCUT2D eigenvalue weighted by Gasteiger charge is 2.44. The van der Waals surface area contributed by atoms with E-state index in [1.165, 1.54) is 67.2 Å². The first-order valence-electron chi connectivity index (χ1n) is 16.4. The Kier molecular flexibility index (Phi) is 5.42. The summed E-state index contributed by atoms with van der Waals surface area (Å²) in [5.74, 6) is 1.86. The van der Waals surface area contributed by atoms with Crippen molar-refractivity contribution < 1.29 is 9.15 Å². The van der Waals surface area contributed by atoms with E-state index < -0.39 is 0 Å². The smallest absolute Gasteiger partial charge is 0.257 e. The second-order valence-corrected chi connectivity index (χ2v) is 15.3. The second kappa shape index (κ2) is 9.07. The van der Waals surface area contributed by atoms with Gasteiger partial charge in [0, 0.05) is 27.8 Å². The zero-order valence-corrected chi connectivity index (χ0v) is 27.0. The van der Waals surface area contributed by atoms with Gasteiger partial charge in [-0.25, -0.2) is 0 Å². The predicted molar refractivity (Wildman–Crippen MR) is 189 cm³/mol. The maximum absolute atomic E-state index is 6.84. The van der Waals surface area contributed by atoms with E-state index in [4.69, 9.17) is 9.15 Å². The second-order valence-electron chi connectivity index (χ2n) is 15.3. The third kappa shape index (κ3) is 3.84. The molecule has 5 aromatic carbocycles. The lowest BCUT2D eigenvalue weighted by molar-refractivity contribution is 0.488. The topological polar surface area (TPSA) is 25.6 Å². The van der Waals surface area contributed by atoms with Crippen LogP contribution >= 0.6 is 0 Å². The normalized spacial score (nSPS) is 15.2. The van der Waals surface area contributed by atoms with Crippen LogP contribution in [0.4, 0.5) is 17.1 Å². The summed E-state index contributed by atoms with van der Waals surface area (Å²) in [5.41, 5.74) is 14.9. The molecule has 0 atom stereocenters. The highest BCUT2D eigenvalue weighted by atomic mass is 16.5. The maximum atomic E-state index is 6.84. The number of benzene rings is 5. The summed E-state index contributed by atoms with van der Waals surface area (Å²) in [4.78, 5) is 2.44. The number of aryl methyl sites for hydroxylation is 2. The molecule has 0 bridgehead atoms. The van der Waals surface area contributed by atoms with E-state index in [2.05, 4.69) is 131 Å². The van der Waals surface area contributed by atoms with E-state index in [1.807, 2.05) is 0 Å². The van der Waals surface area contributed by atoms with Crippen molar-refractivity contribution in [2.24, 2.45) is 0 Å². The molecular weight excluding hydrogens is 549 g/mol. The maximum Gasteiger partial charge on any atom is 0.257 e. The van der Waals surface area contributed by atoms with Crippen LogP contribution in [0.2, 0.25) is 0 Å². The van der Waals surface area contributed by atoms with Gasteiger partial charge >= 0.3 is 0 Å². The number of fused-ring (bicyclic) bond motifs is 10. The Bertz CT molecular complexity index is 2190. The fourth-order valence-corrected chi connectivity index (χ4v) is 8.03. The first-order valence-corrected chi connectivity index (χ1v) is 16.4. The van der Waals surface area contributed by atoms with E-state index >= 15 is 0 Å². The van der Waals surface area contributed by atoms with Gasteiger partial charge in [0.1, 0.15) is 22.7 Å². The Balaban J connectivity index is 1.35. The van der Waals surface area contributed by atoms with E-state index in [0.29, 0.717) is 0 Å². The van der Waals surface area contributed by atoms with Crippen molar-refractivity contribution in [3.8, 4) is 11.5 Å². The molecule has 1 aliphatic carbocycles. The van der Waals surface area contributed by atoms with Crippen LogP contribution in [0.5, 0.6) is 11.5 Å². The van der Waals surface area contributed by atoms with Crippen LogP contribution in [0.25, 0.3) is 21.9 Å². The van der Waals surface area contributed by atoms with Crippen LogP contribution in [0.1, 0.15) is 70.2 Å². The van der Waals surface area contributed by atoms with E-state index in [1.54, 1.807) is 0 Å². The van der Waals surface area contributed by atoms with Crippen molar-refractivity contribution in [3.63, 3.8) is 0 Å². The number of hydrogen-bond donors (Lipinski definition) is 0. The Labute approximate surface area is 265 Å². The average Bonchev–Trinajstić information content (AvgIpc) is 3.65. The fourth-order valence-electron chi connectivity index (χ4n) is 8.03. The molecule has 2 aliphatic heterocycles. The molecule has 3 aliphatic rings. The van der Waals surface area contributed by atoms with Gasteiger partial charge in [-0.2, -0.15) is 0 Å². The van der Waals surface area contributed by atoms with Crippen LogP contribution < -0.4 is 26.0 Å². The van der Waals surface area contributed by atoms with Gasteiger partial charge in [0.2, 0.25) is 0 Å². The molecule has 0 N–H and O–H groups in total. The van der Waals surface area contributed by atoms with E-state index in [0.717, 1.165) is 41.2 Å². The van der Waals surface area contributed by atoms with Crippen molar-refractivity contribution in [1.82, 2.24) is 0 Å². The van der Waals surface area contributed by atoms with Gasteiger partial charge in [-0.3, -0.25) is 0 Å². The molecule has 0 saturated heterocycles. The molecule has 45 heavy (non-hydrogen) atoms. The van der Waals surface area contributed by atoms with Gasteiger partial charge in [0.15, 0.2) is 0 Å². The van der Waals surface area contributed by atoms with E-state index in [9.17, 15) is 0 Å². The minimum Gasteiger partial charge on any atom is -0.458 e. The number of hydrogen-bond acceptors (Lipinski definition) is 3. The molecule has 0 spiro atoms. The molecule has 0 radical (unpaired) electrons. The van der Waals surface area contributed by atoms with Crippen molar-refractivity contribution in [2.75, 3.05) is 4.90 Å². The molecule has 6 aromatic rings. The van der Waals surface area contributed by atoms with Crippen LogP contribution in [-0.2, 0) is 23.7 Å². The number of nitrogens with zero attached hydrogens (tertiary/aromatic N) is 1. The summed E-state index contributed by atoms with van der Waals surface area (Å²) in [6.07, 6.45) is 3.42. The number of anilines is 3. The predicted octanol–water partition coefficient (Wildman–Crippen LogP) is 9.07. The summed E-state index contributed by atoms with van der Waals surface area (Å²) in [7, 11) is 0. The van der Waals surface area contributed by atoms with Crippen LogP contribution in [0.15, 0.2) is 89.3 Å². The van der Waals surface area contributed by atoms with Gasteiger partial charge in [-0.1, -0.05) is 84.0 Å². The average molecular weight is 588 g/mol. The molecule has 0 fully saturated rings. The first kappa shape index (κ1) is 26.9. The van der Waals surface area contributed by atoms with Gasteiger partial charge < -0.3 is 14.1 Å². The van der Waals surface area contributed by atoms with Crippen molar-refractivity contribution in [3.05, 3.63) is 107 Å². The van der Waals surface area contributed by atoms with Gasteiger partial charge in [0.25, 0.3) is 6.71 Å². The van der Waals surface area contributed by atoms with Gasteiger partial charge in [0.05, 0.1) is 0 Å². The number of ether oxygens (including phenoxy) is 1. The molecule has 222 valence electrons. The summed E-state index contributed by atoms with van der Waals surface area (Å²) in [6.45, 7) is 13.7. The van der Waals surface area contributed by atoms with Gasteiger partial charge in [-0.05, 0) is 111 Å². The van der Waals surface area contributed by atoms with Gasteiger partial charge in [-0.15, -0.1) is 0 Å². The molecule has 4 heteroatoms. The Morgan fingerprint density at radius 3 is 2.22 bits per heavy atom. The summed E-state index contributed by atoms with van der Waals surface area (Å²) >= 11 is 0. The zero-order valence-electron chi connectivity index (χ0n) is 27.0. The molecular formula is C41H38BNO2. The highest BCUT2D eigenvalue weighted by molar-refractivity contribution is 7.00. The van der Waals surface area contributed by atoms with Crippen molar-refractivity contribution in [1.29, 1.82) is 0 Å². The zero-order chi connectivity index (χ0) is 30.8. The monoisotopic (exact) mass is 587 g/mol. The lowest BCUT2D eigenvalue weighted by Gasteiger charge is -2.41. The quantitative estimate of drug-likeness (QED) is 0.179. The third-order valence-corrected chi connectivity index (χ3v) is 10.4. The van der Waals surface area contributed by atoms with Crippen LogP contribution in [0.3, 0.4) is 0 Å². The van der Waals surface area contributed by atoms with Crippen LogP contribution in [0, 0.1) is 0 Å². The first-order chi connectivity index (χ1) is 21.6. The standard InChI is InChI=1S/C41H38BNO2/c1-40(2,3)25-14-17-27(18-15-25)43-31-20-16-26(41(4,5)6)23-30(31)42-37-32(43)11-8-12-34(37)44-35-22-21-33-36(38(35)42)29-19-13-24-9-7-10-28(24)39(29)45-33/h8,11-23H,7,9-10H2,1-6H3. The fraction of sp³-hybridized carbons (Fsp3) is 0.268. The SMILES string of the molecule is CC(C)(C)c1ccc(N2c3ccc(C(C)(C)C)cc3B3c4c(cccc42)Oc2ccc4oc5c6c(ccc5c4c23)CCC6)cc1. The summed E-state index contributed by atoms with van der Waals surface area (Å²) in [6, 6.07) is 31.7. The number of furan rings is 1. The summed E-state index contributed by atoms with van der Waals surface area (Å²) < 4.78 is 13.6. The third-order valence-electron chi connectivity index (χ3n) is 10.4. The van der Waals surface area contributed by atoms with E-state index in [-0.39, 0.29) is 17.5 Å². The molecule has 3 nitrogen and oxygen atoms in total. The van der Waals surface area contributed by atoms with Crippen molar-refractivity contribution in [2.45, 2.75) is 71.6 Å². The Morgan fingerprint density at radius 2 is 1.44 bits per heavy atom. The minimum atomic E-state index is 0.0108. The summed E-state index contributed by atoms with van der Waals surface area (Å²) in [5, 5.41) is 2.40. The number of rotatable bonds is 1. The van der Waals surface area contributed by atoms with Crippen molar-refractivity contribution >= 4 is 62.1 Å². The molecule has 0 saturated carbocycles. The lowest BCUT2D eigenvalue weighted by Crippen LogP contribution is -2.59. The Hall–Kier alpha value is -4.44. The molecule has 1 aromatic heterocycles. The molecule has 0 amide bonds. The minimum absolute atomic E-state index is 0.0108.